The minimum Gasteiger partial charge on any atom is -0.510 e. The third-order valence-corrected chi connectivity index (χ3v) is 9.19. The molecule has 0 radical (unpaired) electrons. The first kappa shape index (κ1) is 26.0. The molecule has 1 aliphatic rings. The summed E-state index contributed by atoms with van der Waals surface area (Å²) < 4.78 is 17.4. The Bertz CT molecular complexity index is 2090. The van der Waals surface area contributed by atoms with E-state index in [-0.39, 0.29) is 21.1 Å². The van der Waals surface area contributed by atoms with Crippen LogP contribution in [0.5, 0.6) is 23.1 Å². The molecule has 0 atom stereocenters. The predicted molar refractivity (Wildman–Crippen MR) is 164 cm³/mol. The van der Waals surface area contributed by atoms with E-state index >= 15 is 0 Å². The van der Waals surface area contributed by atoms with Gasteiger partial charge in [0, 0.05) is 60.0 Å². The Morgan fingerprint density at radius 1 is 0.732 bits per heavy atom. The molecule has 8 rings (SSSR count). The van der Waals surface area contributed by atoms with Crippen LogP contribution in [0.1, 0.15) is 0 Å². The smallest absolute Gasteiger partial charge is 0.216 e. The van der Waals surface area contributed by atoms with Crippen LogP contribution in [0.15, 0.2) is 97.5 Å². The van der Waals surface area contributed by atoms with Crippen molar-refractivity contribution in [1.82, 2.24) is 9.88 Å². The summed E-state index contributed by atoms with van der Waals surface area (Å²) in [5, 5.41) is 4.54. The number of nitrogens with zero attached hydrogens (tertiary/aromatic N) is 3. The summed E-state index contributed by atoms with van der Waals surface area (Å²) in [6, 6.07) is 33.6. The van der Waals surface area contributed by atoms with Gasteiger partial charge in [0.1, 0.15) is 0 Å². The van der Waals surface area contributed by atoms with Crippen LogP contribution in [-0.4, -0.2) is 16.9 Å². The molecule has 0 aliphatic carbocycles. The van der Waals surface area contributed by atoms with Gasteiger partial charge < -0.3 is 19.3 Å². The Balaban J connectivity index is 0.00000276. The Hall–Kier alpha value is -3.90. The number of ether oxygens (including phenoxy) is 2. The van der Waals surface area contributed by atoms with E-state index in [9.17, 15) is 0 Å². The van der Waals surface area contributed by atoms with Gasteiger partial charge in [-0.3, -0.25) is 0 Å². The van der Waals surface area contributed by atoms with Crippen LogP contribution in [0.3, 0.4) is 0 Å². The largest absolute Gasteiger partial charge is 0.510 e. The van der Waals surface area contributed by atoms with Gasteiger partial charge in [-0.1, -0.05) is 48.5 Å². The van der Waals surface area contributed by atoms with Crippen molar-refractivity contribution in [3.8, 4) is 23.1 Å². The number of anilines is 1. The van der Waals surface area contributed by atoms with Gasteiger partial charge in [0.2, 0.25) is 5.88 Å². The van der Waals surface area contributed by atoms with Crippen LogP contribution in [0, 0.1) is 18.8 Å². The second kappa shape index (κ2) is 10.5. The average Bonchev–Trinajstić information content (AvgIpc) is 3.69. The maximum atomic E-state index is 6.80. The van der Waals surface area contributed by atoms with Crippen LogP contribution in [0.2, 0.25) is 0 Å². The summed E-state index contributed by atoms with van der Waals surface area (Å²) in [4.78, 5) is 8.41. The Kier molecular flexibility index (Phi) is 6.66. The summed E-state index contributed by atoms with van der Waals surface area (Å²) in [6.45, 7) is 2.02. The van der Waals surface area contributed by atoms with E-state index < -0.39 is 0 Å². The van der Waals surface area contributed by atoms with E-state index in [1.165, 1.54) is 14.8 Å². The molecule has 0 unspecified atom stereocenters. The van der Waals surface area contributed by atoms with Crippen molar-refractivity contribution in [3.63, 3.8) is 0 Å². The summed E-state index contributed by atoms with van der Waals surface area (Å²) in [5.41, 5.74) is 0.903. The van der Waals surface area contributed by atoms with Gasteiger partial charge in [-0.15, -0.1) is 34.7 Å². The molecular weight excluding hydrogens is 730 g/mol. The fraction of sp³-hybridized carbons (Fsp3) is 0.0303. The predicted octanol–water partition coefficient (Wildman–Crippen LogP) is 9.34. The van der Waals surface area contributed by atoms with Crippen molar-refractivity contribution in [1.29, 1.82) is 0 Å². The number of thiophene rings is 2. The SMILES string of the molecule is CN1C=CN(c2[c-]c(Oc3[c-]c(Oc4ccccn4)cc4c3sc3ccccc34)c3sc4ccccc4c3c2)[CH-]1.[Pt]. The van der Waals surface area contributed by atoms with E-state index in [1.54, 1.807) is 28.9 Å². The molecule has 7 aromatic rings. The number of pyridine rings is 1. The third kappa shape index (κ3) is 4.64. The van der Waals surface area contributed by atoms with Crippen LogP contribution in [0.4, 0.5) is 5.69 Å². The second-order valence-corrected chi connectivity index (χ2v) is 11.6. The number of rotatable bonds is 5. The molecule has 0 saturated heterocycles. The maximum absolute atomic E-state index is 6.80. The molecule has 0 N–H and O–H groups in total. The van der Waals surface area contributed by atoms with Crippen molar-refractivity contribution < 1.29 is 30.5 Å². The average molecular weight is 750 g/mol. The second-order valence-electron chi connectivity index (χ2n) is 9.49. The van der Waals surface area contributed by atoms with E-state index in [0.29, 0.717) is 23.1 Å². The molecule has 0 saturated carbocycles. The molecule has 3 aromatic heterocycles. The molecule has 4 aromatic carbocycles. The summed E-state index contributed by atoms with van der Waals surface area (Å²) in [6.07, 6.45) is 5.75. The molecule has 1 aliphatic heterocycles. The van der Waals surface area contributed by atoms with E-state index in [4.69, 9.17) is 9.47 Å². The van der Waals surface area contributed by atoms with E-state index in [2.05, 4.69) is 76.6 Å². The Morgan fingerprint density at radius 2 is 1.39 bits per heavy atom. The van der Waals surface area contributed by atoms with Gasteiger partial charge in [0.25, 0.3) is 0 Å². The third-order valence-electron chi connectivity index (χ3n) is 6.82. The van der Waals surface area contributed by atoms with Gasteiger partial charge >= 0.3 is 0 Å². The number of fused-ring (bicyclic) bond motifs is 6. The topological polar surface area (TPSA) is 37.8 Å². The number of hydrogen-bond acceptors (Lipinski definition) is 7. The van der Waals surface area contributed by atoms with Crippen LogP contribution in [-0.2, 0) is 21.1 Å². The van der Waals surface area contributed by atoms with Crippen molar-refractivity contribution >= 4 is 68.7 Å². The molecule has 0 fully saturated rings. The van der Waals surface area contributed by atoms with Crippen molar-refractivity contribution in [2.45, 2.75) is 0 Å². The van der Waals surface area contributed by atoms with Gasteiger partial charge in [0.05, 0.1) is 0 Å². The van der Waals surface area contributed by atoms with Crippen molar-refractivity contribution in [2.24, 2.45) is 0 Å². The van der Waals surface area contributed by atoms with Gasteiger partial charge in [-0.2, -0.15) is 6.67 Å². The summed E-state index contributed by atoms with van der Waals surface area (Å²) >= 11 is 3.40. The molecule has 41 heavy (non-hydrogen) atoms. The number of benzene rings is 4. The summed E-state index contributed by atoms with van der Waals surface area (Å²) in [7, 11) is 2.01. The van der Waals surface area contributed by atoms with Crippen LogP contribution < -0.4 is 14.4 Å². The first-order chi connectivity index (χ1) is 19.7. The quantitative estimate of drug-likeness (QED) is 0.164. The minimum absolute atomic E-state index is 0. The molecule has 0 bridgehead atoms. The molecule has 8 heteroatoms. The van der Waals surface area contributed by atoms with Crippen LogP contribution >= 0.6 is 22.7 Å². The molecule has 0 spiro atoms. The normalized spacial score (nSPS) is 13.0. The zero-order chi connectivity index (χ0) is 26.6. The standard InChI is InChI=1S/C33H20N3O2S2.Pt/c1-35-14-15-36(20-35)21-16-25-23-8-2-4-10-29(23)39-32(25)27(17-21)38-28-19-22(37-31-12-6-7-13-34-31)18-26-24-9-3-5-11-30(24)40-33(26)28;/h2-16,18,20H,1H3;/q-3;. The Morgan fingerprint density at radius 3 is 2.05 bits per heavy atom. The molecule has 5 nitrogen and oxygen atoms in total. The number of hydrogen-bond donors (Lipinski definition) is 0. The maximum Gasteiger partial charge on any atom is 0.216 e. The fourth-order valence-corrected chi connectivity index (χ4v) is 7.23. The first-order valence-electron chi connectivity index (χ1n) is 12.7. The van der Waals surface area contributed by atoms with E-state index in [0.717, 1.165) is 31.2 Å². The fourth-order valence-electron chi connectivity index (χ4n) is 4.99. The van der Waals surface area contributed by atoms with Gasteiger partial charge in [-0.05, 0) is 57.8 Å². The van der Waals surface area contributed by atoms with Crippen molar-refractivity contribution in [3.05, 3.63) is 116 Å². The van der Waals surface area contributed by atoms with Crippen molar-refractivity contribution in [2.75, 3.05) is 11.9 Å². The number of aromatic nitrogens is 1. The minimum atomic E-state index is 0. The molecular formula is C33H20N3O2PtS2-3. The molecule has 0 amide bonds. The Labute approximate surface area is 259 Å². The molecule has 4 heterocycles. The zero-order valence-electron chi connectivity index (χ0n) is 21.6. The monoisotopic (exact) mass is 749 g/mol. The van der Waals surface area contributed by atoms with Crippen LogP contribution in [0.25, 0.3) is 40.3 Å². The van der Waals surface area contributed by atoms with E-state index in [1.807, 2.05) is 55.3 Å². The summed E-state index contributed by atoms with van der Waals surface area (Å²) in [5.74, 6) is 2.32. The van der Waals surface area contributed by atoms with Gasteiger partial charge in [-0.25, -0.2) is 27.7 Å². The van der Waals surface area contributed by atoms with Gasteiger partial charge in [0.15, 0.2) is 0 Å². The molecule has 204 valence electrons. The zero-order valence-corrected chi connectivity index (χ0v) is 25.5. The first-order valence-corrected chi connectivity index (χ1v) is 14.4.